The van der Waals surface area contributed by atoms with Gasteiger partial charge in [-0.15, -0.1) is 0 Å². The van der Waals surface area contributed by atoms with Crippen molar-refractivity contribution in [3.8, 4) is 0 Å². The SMILES string of the molecule is C=C(C(C)C)C1(CBr)CCC1. The highest BCUT2D eigenvalue weighted by Gasteiger charge is 2.38. The summed E-state index contributed by atoms with van der Waals surface area (Å²) in [6.45, 7) is 8.67. The quantitative estimate of drug-likeness (QED) is 0.498. The van der Waals surface area contributed by atoms with Crippen molar-refractivity contribution in [2.45, 2.75) is 33.1 Å². The third-order valence-corrected chi connectivity index (χ3v) is 4.02. The minimum absolute atomic E-state index is 0.466. The molecule has 0 N–H and O–H groups in total. The number of hydrogen-bond donors (Lipinski definition) is 0. The van der Waals surface area contributed by atoms with Crippen LogP contribution in [0.15, 0.2) is 12.2 Å². The van der Waals surface area contributed by atoms with Gasteiger partial charge in [0.25, 0.3) is 0 Å². The van der Waals surface area contributed by atoms with E-state index >= 15 is 0 Å². The lowest BCUT2D eigenvalue weighted by Crippen LogP contribution is -2.34. The Morgan fingerprint density at radius 3 is 2.18 bits per heavy atom. The summed E-state index contributed by atoms with van der Waals surface area (Å²) in [6, 6.07) is 0. The van der Waals surface area contributed by atoms with Crippen LogP contribution in [0.25, 0.3) is 0 Å². The van der Waals surface area contributed by atoms with E-state index in [0.717, 1.165) is 5.33 Å². The van der Waals surface area contributed by atoms with E-state index in [0.29, 0.717) is 11.3 Å². The Morgan fingerprint density at radius 1 is 1.55 bits per heavy atom. The van der Waals surface area contributed by atoms with Crippen molar-refractivity contribution >= 4 is 15.9 Å². The molecule has 11 heavy (non-hydrogen) atoms. The highest BCUT2D eigenvalue weighted by atomic mass is 79.9. The molecule has 1 heteroatoms. The third-order valence-electron chi connectivity index (χ3n) is 2.94. The van der Waals surface area contributed by atoms with Crippen molar-refractivity contribution in [3.63, 3.8) is 0 Å². The van der Waals surface area contributed by atoms with Crippen molar-refractivity contribution in [1.29, 1.82) is 0 Å². The average molecular weight is 217 g/mol. The Morgan fingerprint density at radius 2 is 2.09 bits per heavy atom. The monoisotopic (exact) mass is 216 g/mol. The van der Waals surface area contributed by atoms with Gasteiger partial charge in [-0.1, -0.05) is 48.4 Å². The molecule has 0 aromatic carbocycles. The Bertz CT molecular complexity index is 149. The van der Waals surface area contributed by atoms with Crippen LogP contribution in [0.5, 0.6) is 0 Å². The molecule has 0 aromatic heterocycles. The zero-order valence-corrected chi connectivity index (χ0v) is 9.08. The molecular formula is C10H17Br. The molecule has 0 radical (unpaired) electrons. The van der Waals surface area contributed by atoms with Gasteiger partial charge >= 0.3 is 0 Å². The van der Waals surface area contributed by atoms with Crippen molar-refractivity contribution < 1.29 is 0 Å². The maximum atomic E-state index is 4.19. The molecule has 0 heterocycles. The van der Waals surface area contributed by atoms with Crippen LogP contribution in [0.4, 0.5) is 0 Å². The second-order valence-electron chi connectivity index (χ2n) is 3.95. The van der Waals surface area contributed by atoms with Crippen LogP contribution in [-0.2, 0) is 0 Å². The van der Waals surface area contributed by atoms with Gasteiger partial charge in [-0.2, -0.15) is 0 Å². The van der Waals surface area contributed by atoms with E-state index in [4.69, 9.17) is 0 Å². The van der Waals surface area contributed by atoms with E-state index in [9.17, 15) is 0 Å². The summed E-state index contributed by atoms with van der Waals surface area (Å²) in [5, 5.41) is 1.11. The van der Waals surface area contributed by atoms with Gasteiger partial charge in [-0.25, -0.2) is 0 Å². The molecule has 0 nitrogen and oxygen atoms in total. The first-order valence-corrected chi connectivity index (χ1v) is 5.50. The molecule has 1 aliphatic carbocycles. The first-order chi connectivity index (χ1) is 5.12. The number of allylic oxidation sites excluding steroid dienone is 1. The lowest BCUT2D eigenvalue weighted by atomic mass is 9.63. The number of rotatable bonds is 3. The highest BCUT2D eigenvalue weighted by Crippen LogP contribution is 2.49. The van der Waals surface area contributed by atoms with Crippen LogP contribution in [0.3, 0.4) is 0 Å². The average Bonchev–Trinajstić information content (AvgIpc) is 1.86. The summed E-state index contributed by atoms with van der Waals surface area (Å²) in [6.07, 6.45) is 4.07. The lowest BCUT2D eigenvalue weighted by molar-refractivity contribution is 0.207. The molecule has 0 bridgehead atoms. The summed E-state index contributed by atoms with van der Waals surface area (Å²) < 4.78 is 0. The van der Waals surface area contributed by atoms with Crippen molar-refractivity contribution in [3.05, 3.63) is 12.2 Å². The summed E-state index contributed by atoms with van der Waals surface area (Å²) in [5.41, 5.74) is 1.91. The van der Waals surface area contributed by atoms with Crippen LogP contribution in [-0.4, -0.2) is 5.33 Å². The Balaban J connectivity index is 2.62. The zero-order chi connectivity index (χ0) is 8.48. The van der Waals surface area contributed by atoms with Gasteiger partial charge in [-0.3, -0.25) is 0 Å². The Hall–Kier alpha value is 0.220. The van der Waals surface area contributed by atoms with Crippen LogP contribution >= 0.6 is 15.9 Å². The first-order valence-electron chi connectivity index (χ1n) is 4.37. The molecule has 0 aliphatic heterocycles. The van der Waals surface area contributed by atoms with Crippen molar-refractivity contribution in [1.82, 2.24) is 0 Å². The summed E-state index contributed by atoms with van der Waals surface area (Å²) in [5.74, 6) is 0.646. The molecule has 0 unspecified atom stereocenters. The second kappa shape index (κ2) is 3.30. The highest BCUT2D eigenvalue weighted by molar-refractivity contribution is 9.09. The smallest absolute Gasteiger partial charge is 0.0125 e. The van der Waals surface area contributed by atoms with Crippen LogP contribution in [0, 0.1) is 11.3 Å². The number of hydrogen-bond acceptors (Lipinski definition) is 0. The van der Waals surface area contributed by atoms with Crippen LogP contribution in [0.1, 0.15) is 33.1 Å². The predicted octanol–water partition coefficient (Wildman–Crippen LogP) is 3.76. The normalized spacial score (nSPS) is 21.5. The van der Waals surface area contributed by atoms with E-state index in [1.54, 1.807) is 0 Å². The maximum Gasteiger partial charge on any atom is 0.0125 e. The fourth-order valence-electron chi connectivity index (χ4n) is 1.76. The van der Waals surface area contributed by atoms with Gasteiger partial charge in [0.2, 0.25) is 0 Å². The summed E-state index contributed by atoms with van der Waals surface area (Å²) in [7, 11) is 0. The summed E-state index contributed by atoms with van der Waals surface area (Å²) >= 11 is 3.59. The maximum absolute atomic E-state index is 4.19. The molecule has 0 aromatic rings. The summed E-state index contributed by atoms with van der Waals surface area (Å²) in [4.78, 5) is 0. The van der Waals surface area contributed by atoms with E-state index in [-0.39, 0.29) is 0 Å². The molecule has 1 aliphatic rings. The Kier molecular flexibility index (Phi) is 2.79. The van der Waals surface area contributed by atoms with Gasteiger partial charge in [0.05, 0.1) is 0 Å². The second-order valence-corrected chi connectivity index (χ2v) is 4.51. The van der Waals surface area contributed by atoms with E-state index in [2.05, 4.69) is 36.4 Å². The minimum atomic E-state index is 0.466. The fourth-order valence-corrected chi connectivity index (χ4v) is 2.68. The zero-order valence-electron chi connectivity index (χ0n) is 7.49. The number of alkyl halides is 1. The van der Waals surface area contributed by atoms with Crippen molar-refractivity contribution in [2.75, 3.05) is 5.33 Å². The van der Waals surface area contributed by atoms with Gasteiger partial charge in [-0.05, 0) is 18.8 Å². The minimum Gasteiger partial charge on any atom is -0.0990 e. The van der Waals surface area contributed by atoms with Crippen LogP contribution < -0.4 is 0 Å². The molecule has 0 amide bonds. The molecular weight excluding hydrogens is 200 g/mol. The van der Waals surface area contributed by atoms with Gasteiger partial charge in [0.15, 0.2) is 0 Å². The first kappa shape index (κ1) is 9.31. The fraction of sp³-hybridized carbons (Fsp3) is 0.800. The lowest BCUT2D eigenvalue weighted by Gasteiger charge is -2.44. The van der Waals surface area contributed by atoms with Gasteiger partial charge in [0.1, 0.15) is 0 Å². The Labute approximate surface area is 78.2 Å². The van der Waals surface area contributed by atoms with E-state index in [1.165, 1.54) is 24.8 Å². The van der Waals surface area contributed by atoms with E-state index in [1.807, 2.05) is 0 Å². The molecule has 64 valence electrons. The van der Waals surface area contributed by atoms with E-state index < -0.39 is 0 Å². The topological polar surface area (TPSA) is 0 Å². The molecule has 0 atom stereocenters. The predicted molar refractivity (Wildman–Crippen MR) is 54.1 cm³/mol. The van der Waals surface area contributed by atoms with Gasteiger partial charge < -0.3 is 0 Å². The standard InChI is InChI=1S/C10H17Br/c1-8(2)9(3)10(7-11)5-4-6-10/h8H,3-7H2,1-2H3. The largest absolute Gasteiger partial charge is 0.0990 e. The van der Waals surface area contributed by atoms with Crippen molar-refractivity contribution in [2.24, 2.45) is 11.3 Å². The molecule has 0 saturated heterocycles. The van der Waals surface area contributed by atoms with Crippen LogP contribution in [0.2, 0.25) is 0 Å². The van der Waals surface area contributed by atoms with Gasteiger partial charge in [0, 0.05) is 10.7 Å². The molecule has 1 fully saturated rings. The third kappa shape index (κ3) is 1.53. The number of halogens is 1. The molecule has 1 rings (SSSR count). The molecule has 1 saturated carbocycles. The molecule has 0 spiro atoms.